The Hall–Kier alpha value is -1.60. The highest BCUT2D eigenvalue weighted by molar-refractivity contribution is 8.01. The Morgan fingerprint density at radius 3 is 2.88 bits per heavy atom. The monoisotopic (exact) mass is 376 g/mol. The fourth-order valence-corrected chi connectivity index (χ4v) is 4.63. The summed E-state index contributed by atoms with van der Waals surface area (Å²) >= 11 is 2.92. The minimum Gasteiger partial charge on any atom is -0.352 e. The molecule has 1 saturated carbocycles. The molecule has 2 aromatic rings. The van der Waals surface area contributed by atoms with Crippen LogP contribution in [0.4, 0.5) is 10.8 Å². The highest BCUT2D eigenvalue weighted by Gasteiger charge is 2.22. The van der Waals surface area contributed by atoms with Crippen molar-refractivity contribution >= 4 is 39.8 Å². The van der Waals surface area contributed by atoms with E-state index in [1.807, 2.05) is 18.2 Å². The first kappa shape index (κ1) is 18.2. The summed E-state index contributed by atoms with van der Waals surface area (Å²) in [6.45, 7) is 4.28. The highest BCUT2D eigenvalue weighted by atomic mass is 32.2. The van der Waals surface area contributed by atoms with E-state index >= 15 is 0 Å². The van der Waals surface area contributed by atoms with Crippen molar-refractivity contribution in [2.45, 2.75) is 49.9 Å². The molecule has 0 saturated heterocycles. The predicted octanol–water partition coefficient (Wildman–Crippen LogP) is 4.38. The van der Waals surface area contributed by atoms with Crippen molar-refractivity contribution < 1.29 is 4.79 Å². The van der Waals surface area contributed by atoms with Gasteiger partial charge in [0, 0.05) is 11.7 Å². The molecule has 3 rings (SSSR count). The average Bonchev–Trinajstić information content (AvgIpc) is 3.05. The lowest BCUT2D eigenvalue weighted by molar-refractivity contribution is -0.119. The van der Waals surface area contributed by atoms with Crippen LogP contribution in [0.1, 0.15) is 38.2 Å². The molecule has 2 atom stereocenters. The number of benzene rings is 1. The maximum Gasteiger partial charge on any atom is 0.230 e. The van der Waals surface area contributed by atoms with Gasteiger partial charge >= 0.3 is 0 Å². The van der Waals surface area contributed by atoms with Gasteiger partial charge in [0.1, 0.15) is 0 Å². The molecule has 134 valence electrons. The number of anilines is 2. The first-order valence-electron chi connectivity index (χ1n) is 8.70. The number of thioether (sulfide) groups is 1. The Labute approximate surface area is 157 Å². The van der Waals surface area contributed by atoms with E-state index in [-0.39, 0.29) is 5.91 Å². The molecule has 1 aromatic heterocycles. The van der Waals surface area contributed by atoms with Gasteiger partial charge in [0.2, 0.25) is 11.0 Å². The lowest BCUT2D eigenvalue weighted by Gasteiger charge is -2.29. The van der Waals surface area contributed by atoms with Crippen LogP contribution in [0.5, 0.6) is 0 Å². The minimum atomic E-state index is 0.0902. The zero-order valence-electron chi connectivity index (χ0n) is 14.6. The van der Waals surface area contributed by atoms with Crippen LogP contribution in [-0.2, 0) is 4.79 Å². The van der Waals surface area contributed by atoms with Crippen molar-refractivity contribution in [3.05, 3.63) is 29.8 Å². The summed E-state index contributed by atoms with van der Waals surface area (Å²) in [5, 5.41) is 15.5. The molecule has 7 heteroatoms. The van der Waals surface area contributed by atoms with Gasteiger partial charge in [-0.3, -0.25) is 4.79 Å². The number of carbonyl (C=O) groups excluding carboxylic acids is 1. The van der Waals surface area contributed by atoms with E-state index in [1.54, 1.807) is 0 Å². The van der Waals surface area contributed by atoms with Gasteiger partial charge < -0.3 is 10.6 Å². The second-order valence-electron chi connectivity index (χ2n) is 6.54. The summed E-state index contributed by atoms with van der Waals surface area (Å²) in [5.41, 5.74) is 2.19. The largest absolute Gasteiger partial charge is 0.352 e. The fourth-order valence-electron chi connectivity index (χ4n) is 3.05. The van der Waals surface area contributed by atoms with Crippen LogP contribution in [0.2, 0.25) is 0 Å². The molecule has 0 aliphatic heterocycles. The van der Waals surface area contributed by atoms with Gasteiger partial charge in [-0.1, -0.05) is 61.1 Å². The summed E-state index contributed by atoms with van der Waals surface area (Å²) in [6.07, 6.45) is 4.81. The van der Waals surface area contributed by atoms with Crippen LogP contribution in [-0.4, -0.2) is 27.9 Å². The molecule has 0 spiro atoms. The molecule has 1 aliphatic rings. The van der Waals surface area contributed by atoms with Crippen molar-refractivity contribution in [2.24, 2.45) is 5.92 Å². The molecule has 25 heavy (non-hydrogen) atoms. The van der Waals surface area contributed by atoms with Crippen molar-refractivity contribution in [3.8, 4) is 0 Å². The zero-order valence-corrected chi connectivity index (χ0v) is 16.3. The molecular weight excluding hydrogens is 352 g/mol. The Bertz CT molecular complexity index is 719. The Morgan fingerprint density at radius 2 is 2.08 bits per heavy atom. The van der Waals surface area contributed by atoms with Crippen molar-refractivity contribution in [2.75, 3.05) is 11.1 Å². The summed E-state index contributed by atoms with van der Waals surface area (Å²) in [4.78, 5) is 12.2. The standard InChI is InChI=1S/C18H24N4OS2/c1-12-7-3-5-9-14(12)19-16(23)11-24-18-22-21-17(25-18)20-15-10-6-4-8-13(15)2/h4,6,8,10,12,14H,3,5,7,9,11H2,1-2H3,(H,19,23)(H,20,21)/t12-,14+/m1/s1. The van der Waals surface area contributed by atoms with Crippen LogP contribution in [0, 0.1) is 12.8 Å². The van der Waals surface area contributed by atoms with E-state index in [4.69, 9.17) is 0 Å². The summed E-state index contributed by atoms with van der Waals surface area (Å²) in [6, 6.07) is 8.39. The molecule has 2 N–H and O–H groups in total. The normalized spacial score (nSPS) is 20.2. The van der Waals surface area contributed by atoms with E-state index in [0.717, 1.165) is 27.1 Å². The van der Waals surface area contributed by atoms with Gasteiger partial charge in [-0.05, 0) is 37.3 Å². The van der Waals surface area contributed by atoms with Crippen LogP contribution in [0.25, 0.3) is 0 Å². The lowest BCUT2D eigenvalue weighted by atomic mass is 9.86. The zero-order chi connectivity index (χ0) is 17.6. The molecule has 1 fully saturated rings. The summed E-state index contributed by atoms with van der Waals surface area (Å²) < 4.78 is 0.808. The third kappa shape index (κ3) is 5.19. The number of amides is 1. The molecule has 1 amide bonds. The molecule has 0 unspecified atom stereocenters. The number of para-hydroxylation sites is 1. The number of carbonyl (C=O) groups is 1. The number of aryl methyl sites for hydroxylation is 1. The number of aromatic nitrogens is 2. The van der Waals surface area contributed by atoms with E-state index < -0.39 is 0 Å². The third-order valence-electron chi connectivity index (χ3n) is 4.58. The van der Waals surface area contributed by atoms with Gasteiger partial charge in [0.05, 0.1) is 5.75 Å². The number of hydrogen-bond donors (Lipinski definition) is 2. The topological polar surface area (TPSA) is 66.9 Å². The summed E-state index contributed by atoms with van der Waals surface area (Å²) in [7, 11) is 0. The molecule has 5 nitrogen and oxygen atoms in total. The second kappa shape index (κ2) is 8.67. The van der Waals surface area contributed by atoms with E-state index in [2.05, 4.69) is 40.7 Å². The number of hydrogen-bond acceptors (Lipinski definition) is 6. The van der Waals surface area contributed by atoms with Gasteiger partial charge in [-0.2, -0.15) is 0 Å². The predicted molar refractivity (Wildman–Crippen MR) is 105 cm³/mol. The molecule has 0 bridgehead atoms. The Kier molecular flexibility index (Phi) is 6.31. The minimum absolute atomic E-state index is 0.0902. The molecule has 1 heterocycles. The molecule has 0 radical (unpaired) electrons. The van der Waals surface area contributed by atoms with E-state index in [1.165, 1.54) is 42.4 Å². The Morgan fingerprint density at radius 1 is 1.28 bits per heavy atom. The molecule has 1 aliphatic carbocycles. The molecule has 1 aromatic carbocycles. The van der Waals surface area contributed by atoms with E-state index in [0.29, 0.717) is 17.7 Å². The van der Waals surface area contributed by atoms with Gasteiger partial charge in [-0.25, -0.2) is 0 Å². The second-order valence-corrected chi connectivity index (χ2v) is 8.74. The van der Waals surface area contributed by atoms with Gasteiger partial charge in [0.25, 0.3) is 0 Å². The first-order valence-corrected chi connectivity index (χ1v) is 10.5. The van der Waals surface area contributed by atoms with Gasteiger partial charge in [0.15, 0.2) is 4.34 Å². The number of nitrogens with one attached hydrogen (secondary N) is 2. The highest BCUT2D eigenvalue weighted by Crippen LogP contribution is 2.29. The lowest BCUT2D eigenvalue weighted by Crippen LogP contribution is -2.41. The quantitative estimate of drug-likeness (QED) is 0.733. The SMILES string of the molecule is Cc1ccccc1Nc1nnc(SCC(=O)N[C@H]2CCCC[C@H]2C)s1. The van der Waals surface area contributed by atoms with Gasteiger partial charge in [-0.15, -0.1) is 10.2 Å². The Balaban J connectivity index is 1.48. The average molecular weight is 377 g/mol. The van der Waals surface area contributed by atoms with Crippen molar-refractivity contribution in [1.82, 2.24) is 15.5 Å². The van der Waals surface area contributed by atoms with Crippen molar-refractivity contribution in [1.29, 1.82) is 0 Å². The van der Waals surface area contributed by atoms with Crippen LogP contribution < -0.4 is 10.6 Å². The van der Waals surface area contributed by atoms with E-state index in [9.17, 15) is 4.79 Å². The van der Waals surface area contributed by atoms with Crippen LogP contribution >= 0.6 is 23.1 Å². The van der Waals surface area contributed by atoms with Crippen molar-refractivity contribution in [3.63, 3.8) is 0 Å². The number of rotatable bonds is 6. The summed E-state index contributed by atoms with van der Waals surface area (Å²) in [5.74, 6) is 1.06. The smallest absolute Gasteiger partial charge is 0.230 e. The first-order chi connectivity index (χ1) is 12.1. The van der Waals surface area contributed by atoms with Crippen LogP contribution in [0.15, 0.2) is 28.6 Å². The number of nitrogens with zero attached hydrogens (tertiary/aromatic N) is 2. The van der Waals surface area contributed by atoms with Crippen LogP contribution in [0.3, 0.4) is 0 Å². The fraction of sp³-hybridized carbons (Fsp3) is 0.500. The maximum atomic E-state index is 12.2. The third-order valence-corrected chi connectivity index (χ3v) is 6.55. The maximum absolute atomic E-state index is 12.2. The molecular formula is C18H24N4OS2.